The smallest absolute Gasteiger partial charge is 0.191 e. The van der Waals surface area contributed by atoms with Gasteiger partial charge in [-0.15, -0.1) is 0 Å². The van der Waals surface area contributed by atoms with Gasteiger partial charge in [-0.05, 0) is 37.5 Å². The lowest BCUT2D eigenvalue weighted by atomic mass is 9.74. The fraction of sp³-hybridized carbons (Fsp3) is 0.611. The van der Waals surface area contributed by atoms with Gasteiger partial charge in [-0.3, -0.25) is 4.99 Å². The summed E-state index contributed by atoms with van der Waals surface area (Å²) in [5.74, 6) is 0.546. The molecule has 0 atom stereocenters. The fourth-order valence-corrected chi connectivity index (χ4v) is 2.99. The Bertz CT molecular complexity index is 514. The van der Waals surface area contributed by atoms with Crippen LogP contribution in [0.15, 0.2) is 29.3 Å². The third-order valence-electron chi connectivity index (χ3n) is 4.47. The lowest BCUT2D eigenvalue weighted by molar-refractivity contribution is 0.0513. The van der Waals surface area contributed by atoms with Gasteiger partial charge in [0.2, 0.25) is 0 Å². The van der Waals surface area contributed by atoms with Crippen molar-refractivity contribution in [3.05, 3.63) is 35.6 Å². The summed E-state index contributed by atoms with van der Waals surface area (Å²) in [5.41, 5.74) is 1.08. The number of guanidine groups is 1. The third-order valence-corrected chi connectivity index (χ3v) is 4.47. The van der Waals surface area contributed by atoms with E-state index >= 15 is 0 Å². The second-order valence-corrected chi connectivity index (χ2v) is 5.95. The number of rotatable bonds is 7. The van der Waals surface area contributed by atoms with Gasteiger partial charge >= 0.3 is 0 Å². The molecule has 1 aromatic carbocycles. The lowest BCUT2D eigenvalue weighted by Gasteiger charge is -2.38. The van der Waals surface area contributed by atoms with E-state index in [0.717, 1.165) is 44.1 Å². The molecule has 0 spiro atoms. The Hall–Kier alpha value is -1.66. The normalized spacial score (nSPS) is 17.5. The Kier molecular flexibility index (Phi) is 7.46. The Morgan fingerprint density at radius 2 is 1.96 bits per heavy atom. The van der Waals surface area contributed by atoms with Crippen molar-refractivity contribution >= 4 is 5.96 Å². The van der Waals surface area contributed by atoms with Crippen LogP contribution in [0.4, 0.5) is 4.39 Å². The predicted octanol–water partition coefficient (Wildman–Crippen LogP) is 2.08. The summed E-state index contributed by atoms with van der Waals surface area (Å²) < 4.78 is 24.1. The highest BCUT2D eigenvalue weighted by atomic mass is 19.1. The molecule has 2 N–H and O–H groups in total. The highest BCUT2D eigenvalue weighted by Crippen LogP contribution is 2.34. The Balaban J connectivity index is 1.99. The summed E-state index contributed by atoms with van der Waals surface area (Å²) >= 11 is 0. The second-order valence-electron chi connectivity index (χ2n) is 5.95. The molecule has 6 heteroatoms. The number of benzene rings is 1. The van der Waals surface area contributed by atoms with Crippen LogP contribution in [0, 0.1) is 5.82 Å². The van der Waals surface area contributed by atoms with Crippen LogP contribution >= 0.6 is 0 Å². The summed E-state index contributed by atoms with van der Waals surface area (Å²) in [6.07, 6.45) is 1.81. The van der Waals surface area contributed by atoms with Gasteiger partial charge in [0.25, 0.3) is 0 Å². The number of aliphatic imine (C=N–C) groups is 1. The summed E-state index contributed by atoms with van der Waals surface area (Å²) in [5, 5.41) is 6.65. The fourth-order valence-electron chi connectivity index (χ4n) is 2.99. The van der Waals surface area contributed by atoms with Crippen LogP contribution in [-0.4, -0.2) is 52.5 Å². The van der Waals surface area contributed by atoms with Gasteiger partial charge in [0.1, 0.15) is 5.82 Å². The number of hydrogen-bond acceptors (Lipinski definition) is 3. The molecule has 2 rings (SSSR count). The first-order valence-corrected chi connectivity index (χ1v) is 8.56. The van der Waals surface area contributed by atoms with Crippen molar-refractivity contribution < 1.29 is 13.9 Å². The standard InChI is InChI=1S/C18H28FN3O2/c1-3-23-13-10-21-17(20-2)22-14-18(8-11-24-12-9-18)15-4-6-16(19)7-5-15/h4-7H,3,8-14H2,1-2H3,(H2,20,21,22). The maximum Gasteiger partial charge on any atom is 0.191 e. The van der Waals surface area contributed by atoms with Crippen LogP contribution in [0.2, 0.25) is 0 Å². The average molecular weight is 337 g/mol. The third kappa shape index (κ3) is 5.18. The van der Waals surface area contributed by atoms with Crippen LogP contribution in [0.3, 0.4) is 0 Å². The molecule has 0 radical (unpaired) electrons. The van der Waals surface area contributed by atoms with Crippen molar-refractivity contribution in [2.24, 2.45) is 4.99 Å². The molecule has 1 saturated heterocycles. The molecule has 1 aliphatic rings. The SMILES string of the molecule is CCOCCNC(=NC)NCC1(c2ccc(F)cc2)CCOCC1. The van der Waals surface area contributed by atoms with Crippen LogP contribution < -0.4 is 10.6 Å². The van der Waals surface area contributed by atoms with Gasteiger partial charge in [-0.1, -0.05) is 12.1 Å². The molecular formula is C18H28FN3O2. The van der Waals surface area contributed by atoms with E-state index in [9.17, 15) is 4.39 Å². The molecule has 0 aliphatic carbocycles. The Labute approximate surface area is 143 Å². The van der Waals surface area contributed by atoms with Gasteiger partial charge < -0.3 is 20.1 Å². The number of ether oxygens (including phenoxy) is 2. The molecule has 1 fully saturated rings. The first-order valence-electron chi connectivity index (χ1n) is 8.56. The molecule has 0 bridgehead atoms. The maximum atomic E-state index is 13.3. The van der Waals surface area contributed by atoms with Crippen molar-refractivity contribution in [2.45, 2.75) is 25.2 Å². The summed E-state index contributed by atoms with van der Waals surface area (Å²) in [4.78, 5) is 4.26. The maximum absolute atomic E-state index is 13.3. The largest absolute Gasteiger partial charge is 0.381 e. The summed E-state index contributed by atoms with van der Waals surface area (Å²) in [6.45, 7) is 6.21. The first-order chi connectivity index (χ1) is 11.7. The predicted molar refractivity (Wildman–Crippen MR) is 94.0 cm³/mol. The van der Waals surface area contributed by atoms with E-state index in [4.69, 9.17) is 9.47 Å². The topological polar surface area (TPSA) is 54.9 Å². The van der Waals surface area contributed by atoms with Crippen LogP contribution in [0.25, 0.3) is 0 Å². The van der Waals surface area contributed by atoms with E-state index in [1.807, 2.05) is 19.1 Å². The Morgan fingerprint density at radius 1 is 1.25 bits per heavy atom. The minimum absolute atomic E-state index is 0.0660. The number of halogens is 1. The molecule has 134 valence electrons. The molecule has 0 amide bonds. The van der Waals surface area contributed by atoms with Gasteiger partial charge in [-0.25, -0.2) is 4.39 Å². The van der Waals surface area contributed by atoms with Crippen molar-refractivity contribution in [2.75, 3.05) is 46.6 Å². The van der Waals surface area contributed by atoms with Crippen LogP contribution in [0.5, 0.6) is 0 Å². The molecular weight excluding hydrogens is 309 g/mol. The quantitative estimate of drug-likeness (QED) is 0.454. The zero-order valence-electron chi connectivity index (χ0n) is 14.6. The van der Waals surface area contributed by atoms with Crippen molar-refractivity contribution in [3.63, 3.8) is 0 Å². The molecule has 0 aromatic heterocycles. The van der Waals surface area contributed by atoms with E-state index < -0.39 is 0 Å². The van der Waals surface area contributed by atoms with E-state index in [1.165, 1.54) is 12.1 Å². The van der Waals surface area contributed by atoms with Crippen LogP contribution in [0.1, 0.15) is 25.3 Å². The molecule has 1 heterocycles. The highest BCUT2D eigenvalue weighted by molar-refractivity contribution is 5.79. The van der Waals surface area contributed by atoms with E-state index in [1.54, 1.807) is 7.05 Å². The molecule has 24 heavy (non-hydrogen) atoms. The Morgan fingerprint density at radius 3 is 2.58 bits per heavy atom. The first kappa shape index (κ1) is 18.7. The molecule has 0 saturated carbocycles. The minimum Gasteiger partial charge on any atom is -0.381 e. The number of hydrogen-bond donors (Lipinski definition) is 2. The molecule has 5 nitrogen and oxygen atoms in total. The summed E-state index contributed by atoms with van der Waals surface area (Å²) in [7, 11) is 1.75. The summed E-state index contributed by atoms with van der Waals surface area (Å²) in [6, 6.07) is 6.82. The zero-order chi connectivity index (χ0) is 17.3. The monoisotopic (exact) mass is 337 g/mol. The average Bonchev–Trinajstić information content (AvgIpc) is 2.62. The molecule has 0 unspecified atom stereocenters. The van der Waals surface area contributed by atoms with E-state index in [0.29, 0.717) is 19.8 Å². The van der Waals surface area contributed by atoms with Gasteiger partial charge in [0.05, 0.1) is 6.61 Å². The van der Waals surface area contributed by atoms with Crippen molar-refractivity contribution in [1.29, 1.82) is 0 Å². The number of nitrogens with one attached hydrogen (secondary N) is 2. The van der Waals surface area contributed by atoms with Gasteiger partial charge in [0.15, 0.2) is 5.96 Å². The molecule has 1 aliphatic heterocycles. The van der Waals surface area contributed by atoms with Gasteiger partial charge in [0, 0.05) is 45.4 Å². The van der Waals surface area contributed by atoms with Gasteiger partial charge in [-0.2, -0.15) is 0 Å². The minimum atomic E-state index is -0.206. The second kappa shape index (κ2) is 9.59. The van der Waals surface area contributed by atoms with E-state index in [2.05, 4.69) is 15.6 Å². The highest BCUT2D eigenvalue weighted by Gasteiger charge is 2.34. The lowest BCUT2D eigenvalue weighted by Crippen LogP contribution is -2.48. The van der Waals surface area contributed by atoms with E-state index in [-0.39, 0.29) is 11.2 Å². The van der Waals surface area contributed by atoms with Crippen molar-refractivity contribution in [1.82, 2.24) is 10.6 Å². The van der Waals surface area contributed by atoms with Crippen LogP contribution in [-0.2, 0) is 14.9 Å². The zero-order valence-corrected chi connectivity index (χ0v) is 14.6. The van der Waals surface area contributed by atoms with Crippen molar-refractivity contribution in [3.8, 4) is 0 Å². The molecule has 1 aromatic rings. The number of nitrogens with zero attached hydrogens (tertiary/aromatic N) is 1.